The standard InChI is InChI=1S/C8H11ClN4O2/c9-3-6-5-15-2-1-13(6)8(14)7-4-10-12-11-7/h4,6H,1-3,5H2,(H,10,11,12). The van der Waals surface area contributed by atoms with Crippen LogP contribution in [0.4, 0.5) is 0 Å². The monoisotopic (exact) mass is 230 g/mol. The molecule has 2 heterocycles. The lowest BCUT2D eigenvalue weighted by molar-refractivity contribution is 0.00423. The first-order valence-corrected chi connectivity index (χ1v) is 5.17. The molecule has 0 saturated carbocycles. The fraction of sp³-hybridized carbons (Fsp3) is 0.625. The Bertz CT molecular complexity index is 329. The lowest BCUT2D eigenvalue weighted by atomic mass is 10.2. The van der Waals surface area contributed by atoms with E-state index in [0.717, 1.165) is 0 Å². The molecule has 1 aromatic rings. The summed E-state index contributed by atoms with van der Waals surface area (Å²) in [7, 11) is 0. The average Bonchev–Trinajstić information content (AvgIpc) is 2.81. The topological polar surface area (TPSA) is 71.1 Å². The number of halogens is 1. The Kier molecular flexibility index (Phi) is 3.17. The molecule has 1 unspecified atom stereocenters. The number of aromatic amines is 1. The maximum absolute atomic E-state index is 11.9. The Morgan fingerprint density at radius 3 is 3.33 bits per heavy atom. The van der Waals surface area contributed by atoms with Crippen molar-refractivity contribution < 1.29 is 9.53 Å². The van der Waals surface area contributed by atoms with Gasteiger partial charge >= 0.3 is 0 Å². The van der Waals surface area contributed by atoms with E-state index in [-0.39, 0.29) is 11.9 Å². The van der Waals surface area contributed by atoms with Gasteiger partial charge in [-0.1, -0.05) is 0 Å². The summed E-state index contributed by atoms with van der Waals surface area (Å²) in [5.74, 6) is 0.210. The summed E-state index contributed by atoms with van der Waals surface area (Å²) >= 11 is 5.76. The SMILES string of the molecule is O=C(c1cn[nH]n1)N1CCOCC1CCl. The van der Waals surface area contributed by atoms with Crippen molar-refractivity contribution in [2.75, 3.05) is 25.6 Å². The molecule has 1 N–H and O–H groups in total. The largest absolute Gasteiger partial charge is 0.377 e. The number of amides is 1. The summed E-state index contributed by atoms with van der Waals surface area (Å²) < 4.78 is 5.25. The number of carbonyl (C=O) groups excluding carboxylic acids is 1. The van der Waals surface area contributed by atoms with Crippen LogP contribution in [0.2, 0.25) is 0 Å². The fourth-order valence-corrected chi connectivity index (χ4v) is 1.76. The van der Waals surface area contributed by atoms with Crippen LogP contribution in [0.1, 0.15) is 10.5 Å². The Hall–Kier alpha value is -1.14. The smallest absolute Gasteiger partial charge is 0.276 e. The van der Waals surface area contributed by atoms with Gasteiger partial charge in [-0.15, -0.1) is 11.6 Å². The molecule has 1 aromatic heterocycles. The van der Waals surface area contributed by atoms with Crippen molar-refractivity contribution in [1.82, 2.24) is 20.3 Å². The third-order valence-corrected chi connectivity index (χ3v) is 2.66. The molecule has 0 aromatic carbocycles. The number of rotatable bonds is 2. The summed E-state index contributed by atoms with van der Waals surface area (Å²) in [6, 6.07) is -0.0791. The van der Waals surface area contributed by atoms with Crippen molar-refractivity contribution >= 4 is 17.5 Å². The highest BCUT2D eigenvalue weighted by Crippen LogP contribution is 2.11. The maximum atomic E-state index is 11.9. The summed E-state index contributed by atoms with van der Waals surface area (Å²) in [4.78, 5) is 13.6. The molecule has 0 radical (unpaired) electrons. The van der Waals surface area contributed by atoms with Gasteiger partial charge in [-0.2, -0.15) is 15.4 Å². The van der Waals surface area contributed by atoms with Crippen LogP contribution in [0, 0.1) is 0 Å². The van der Waals surface area contributed by atoms with Crippen molar-refractivity contribution in [1.29, 1.82) is 0 Å². The molecule has 1 atom stereocenters. The first-order chi connectivity index (χ1) is 7.33. The van der Waals surface area contributed by atoms with E-state index >= 15 is 0 Å². The molecule has 82 valence electrons. The average molecular weight is 231 g/mol. The summed E-state index contributed by atoms with van der Waals surface area (Å²) in [6.45, 7) is 1.56. The molecule has 0 spiro atoms. The van der Waals surface area contributed by atoms with Crippen molar-refractivity contribution in [2.24, 2.45) is 0 Å². The van der Waals surface area contributed by atoms with Gasteiger partial charge in [0, 0.05) is 12.4 Å². The highest BCUT2D eigenvalue weighted by molar-refractivity contribution is 6.18. The molecule has 1 fully saturated rings. The van der Waals surface area contributed by atoms with Crippen LogP contribution < -0.4 is 0 Å². The molecule has 7 heteroatoms. The molecule has 0 aliphatic carbocycles. The molecule has 0 bridgehead atoms. The van der Waals surface area contributed by atoms with E-state index in [2.05, 4.69) is 15.4 Å². The Morgan fingerprint density at radius 1 is 1.80 bits per heavy atom. The minimum Gasteiger partial charge on any atom is -0.377 e. The fourth-order valence-electron chi connectivity index (χ4n) is 1.50. The molecule has 1 amide bonds. The van der Waals surface area contributed by atoms with Gasteiger partial charge in [0.1, 0.15) is 0 Å². The van der Waals surface area contributed by atoms with Gasteiger partial charge in [0.2, 0.25) is 0 Å². The van der Waals surface area contributed by atoms with E-state index in [4.69, 9.17) is 16.3 Å². The summed E-state index contributed by atoms with van der Waals surface area (Å²) in [6.07, 6.45) is 1.41. The van der Waals surface area contributed by atoms with E-state index < -0.39 is 0 Å². The van der Waals surface area contributed by atoms with Crippen LogP contribution in [0.3, 0.4) is 0 Å². The minimum atomic E-state index is -0.155. The van der Waals surface area contributed by atoms with Gasteiger partial charge < -0.3 is 9.64 Å². The molecule has 6 nitrogen and oxygen atoms in total. The van der Waals surface area contributed by atoms with E-state index in [1.807, 2.05) is 0 Å². The summed E-state index contributed by atoms with van der Waals surface area (Å²) in [5, 5.41) is 9.76. The zero-order valence-electron chi connectivity index (χ0n) is 8.02. The molecule has 2 rings (SSSR count). The molecular weight excluding hydrogens is 220 g/mol. The first-order valence-electron chi connectivity index (χ1n) is 4.63. The minimum absolute atomic E-state index is 0.0791. The predicted molar refractivity (Wildman–Crippen MR) is 52.7 cm³/mol. The van der Waals surface area contributed by atoms with Crippen molar-refractivity contribution in [2.45, 2.75) is 6.04 Å². The number of morpholine rings is 1. The molecular formula is C8H11ClN4O2. The normalized spacial score (nSPS) is 21.7. The molecule has 1 aliphatic rings. The predicted octanol–water partition coefficient (Wildman–Crippen LogP) is -0.116. The second kappa shape index (κ2) is 4.59. The van der Waals surface area contributed by atoms with Gasteiger partial charge in [0.05, 0.1) is 25.5 Å². The zero-order chi connectivity index (χ0) is 10.7. The number of aromatic nitrogens is 3. The van der Waals surface area contributed by atoms with Crippen LogP contribution in [0.25, 0.3) is 0 Å². The molecule has 1 saturated heterocycles. The van der Waals surface area contributed by atoms with E-state index in [1.54, 1.807) is 4.90 Å². The maximum Gasteiger partial charge on any atom is 0.276 e. The van der Waals surface area contributed by atoms with E-state index in [1.165, 1.54) is 6.20 Å². The van der Waals surface area contributed by atoms with Crippen molar-refractivity contribution in [3.05, 3.63) is 11.9 Å². The number of alkyl halides is 1. The molecule has 15 heavy (non-hydrogen) atoms. The number of ether oxygens (including phenoxy) is 1. The van der Waals surface area contributed by atoms with Gasteiger partial charge in [-0.3, -0.25) is 4.79 Å². The number of nitrogens with zero attached hydrogens (tertiary/aromatic N) is 3. The number of hydrogen-bond donors (Lipinski definition) is 1. The third-order valence-electron chi connectivity index (χ3n) is 2.30. The van der Waals surface area contributed by atoms with Gasteiger partial charge in [0.25, 0.3) is 5.91 Å². The second-order valence-electron chi connectivity index (χ2n) is 3.24. The highest BCUT2D eigenvalue weighted by Gasteiger charge is 2.28. The van der Waals surface area contributed by atoms with Crippen LogP contribution in [-0.4, -0.2) is 57.9 Å². The van der Waals surface area contributed by atoms with Crippen LogP contribution in [-0.2, 0) is 4.74 Å². The van der Waals surface area contributed by atoms with Gasteiger partial charge in [-0.05, 0) is 0 Å². The quantitative estimate of drug-likeness (QED) is 0.720. The van der Waals surface area contributed by atoms with Crippen LogP contribution in [0.5, 0.6) is 0 Å². The second-order valence-corrected chi connectivity index (χ2v) is 3.55. The third kappa shape index (κ3) is 2.10. The lowest BCUT2D eigenvalue weighted by Gasteiger charge is -2.33. The summed E-state index contributed by atoms with van der Waals surface area (Å²) in [5.41, 5.74) is 0.312. The van der Waals surface area contributed by atoms with Crippen molar-refractivity contribution in [3.63, 3.8) is 0 Å². The Balaban J connectivity index is 2.11. The number of H-pyrrole nitrogens is 1. The van der Waals surface area contributed by atoms with Crippen molar-refractivity contribution in [3.8, 4) is 0 Å². The van der Waals surface area contributed by atoms with Crippen LogP contribution in [0.15, 0.2) is 6.20 Å². The highest BCUT2D eigenvalue weighted by atomic mass is 35.5. The van der Waals surface area contributed by atoms with E-state index in [9.17, 15) is 4.79 Å². The first kappa shape index (κ1) is 10.4. The van der Waals surface area contributed by atoms with Crippen LogP contribution >= 0.6 is 11.6 Å². The molecule has 1 aliphatic heterocycles. The lowest BCUT2D eigenvalue weighted by Crippen LogP contribution is -2.49. The zero-order valence-corrected chi connectivity index (χ0v) is 8.78. The van der Waals surface area contributed by atoms with E-state index in [0.29, 0.717) is 31.3 Å². The van der Waals surface area contributed by atoms with Gasteiger partial charge in [0.15, 0.2) is 5.69 Å². The number of nitrogens with one attached hydrogen (secondary N) is 1. The Labute approximate surface area is 91.5 Å². The number of carbonyl (C=O) groups is 1. The number of hydrogen-bond acceptors (Lipinski definition) is 4. The Morgan fingerprint density at radius 2 is 2.67 bits per heavy atom. The van der Waals surface area contributed by atoms with Gasteiger partial charge in [-0.25, -0.2) is 0 Å².